The van der Waals surface area contributed by atoms with E-state index in [4.69, 9.17) is 4.42 Å². The Morgan fingerprint density at radius 2 is 1.03 bits per heavy atom. The molecule has 12 rings (SSSR count). The first kappa shape index (κ1) is 33.9. The summed E-state index contributed by atoms with van der Waals surface area (Å²) >= 11 is 0. The normalized spacial score (nSPS) is 15.5. The summed E-state index contributed by atoms with van der Waals surface area (Å²) < 4.78 is 12.0. The number of aromatic nitrogens is 2. The van der Waals surface area contributed by atoms with Gasteiger partial charge in [0, 0.05) is 55.8 Å². The molecule has 1 unspecified atom stereocenters. The van der Waals surface area contributed by atoms with Crippen LogP contribution in [0.25, 0.3) is 66.4 Å². The number of nitrogens with zero attached hydrogens (tertiary/aromatic N) is 2. The van der Waals surface area contributed by atoms with Crippen LogP contribution in [0.2, 0.25) is 0 Å². The molecule has 1 aliphatic rings. The molecule has 0 bridgehead atoms. The summed E-state index contributed by atoms with van der Waals surface area (Å²) in [5.74, 6) is 0. The van der Waals surface area contributed by atoms with Gasteiger partial charge in [-0.3, -0.25) is 0 Å². The fraction of sp³-hybridized carbons (Fsp3) is 0.0545. The molecule has 0 fully saturated rings. The van der Waals surface area contributed by atoms with Crippen molar-refractivity contribution in [3.05, 3.63) is 218 Å². The number of furan rings is 1. The van der Waals surface area contributed by atoms with Crippen molar-refractivity contribution in [2.45, 2.75) is 18.9 Å². The molecule has 59 heavy (non-hydrogen) atoms. The summed E-state index contributed by atoms with van der Waals surface area (Å²) in [6.45, 7) is 2.40. The summed E-state index contributed by atoms with van der Waals surface area (Å²) in [7, 11) is -3.01. The molecule has 4 heteroatoms. The van der Waals surface area contributed by atoms with Crippen LogP contribution in [0.15, 0.2) is 211 Å². The van der Waals surface area contributed by atoms with Gasteiger partial charge in [0.25, 0.3) is 0 Å². The first-order valence-electron chi connectivity index (χ1n) is 20.6. The van der Waals surface area contributed by atoms with Crippen molar-refractivity contribution < 1.29 is 4.42 Å². The molecular formula is C55H40N2OSi. The van der Waals surface area contributed by atoms with Gasteiger partial charge < -0.3 is 13.6 Å². The zero-order chi connectivity index (χ0) is 39.1. The molecule has 11 aromatic rings. The lowest BCUT2D eigenvalue weighted by Gasteiger charge is -2.35. The van der Waals surface area contributed by atoms with Crippen LogP contribution < -0.4 is 20.7 Å². The smallest absolute Gasteiger partial charge is 0.184 e. The van der Waals surface area contributed by atoms with Crippen LogP contribution >= 0.6 is 0 Å². The van der Waals surface area contributed by atoms with E-state index in [0.717, 1.165) is 34.0 Å². The number of rotatable bonds is 6. The zero-order valence-corrected chi connectivity index (χ0v) is 33.7. The fourth-order valence-electron chi connectivity index (χ4n) is 10.5. The van der Waals surface area contributed by atoms with Gasteiger partial charge in [0.2, 0.25) is 0 Å². The Morgan fingerprint density at radius 1 is 0.492 bits per heavy atom. The van der Waals surface area contributed by atoms with Gasteiger partial charge in [-0.05, 0) is 75.7 Å². The lowest BCUT2D eigenvalue weighted by Crippen LogP contribution is -2.74. The maximum Gasteiger partial charge on any atom is 0.184 e. The van der Waals surface area contributed by atoms with Gasteiger partial charge in [-0.25, -0.2) is 0 Å². The van der Waals surface area contributed by atoms with Crippen LogP contribution in [0.3, 0.4) is 0 Å². The van der Waals surface area contributed by atoms with Crippen LogP contribution in [0.4, 0.5) is 0 Å². The lowest BCUT2D eigenvalue weighted by molar-refractivity contribution is 0.431. The number of benzene rings is 8. The van der Waals surface area contributed by atoms with E-state index in [9.17, 15) is 0 Å². The van der Waals surface area contributed by atoms with Gasteiger partial charge in [0.1, 0.15) is 11.2 Å². The minimum Gasteiger partial charge on any atom is -0.456 e. The average Bonchev–Trinajstić information content (AvgIpc) is 3.96. The standard InChI is InChI=1S/C55H40N2OSi/c1-55(57-50-30-13-9-24-42(50)43-25-10-14-31-51(43)57)35-34-49-47(37-55)44-26-8-12-29-48(44)56(49)38-18-16-23-41(36-38)59(39-19-4-2-5-20-39,40-21-6-3-7-22-40)53-33-17-28-46-45-27-11-15-32-52(45)58-54(46)53/h2-36H,37H2,1H3. The van der Waals surface area contributed by atoms with E-state index in [0.29, 0.717) is 0 Å². The molecule has 1 aliphatic carbocycles. The van der Waals surface area contributed by atoms with E-state index in [1.165, 1.54) is 64.7 Å². The third-order valence-electron chi connectivity index (χ3n) is 13.0. The van der Waals surface area contributed by atoms with Gasteiger partial charge in [0.15, 0.2) is 8.07 Å². The number of allylic oxidation sites excluding steroid dienone is 1. The quantitative estimate of drug-likeness (QED) is 0.122. The molecule has 0 aliphatic heterocycles. The Balaban J connectivity index is 1.11. The number of para-hydroxylation sites is 5. The van der Waals surface area contributed by atoms with Crippen LogP contribution in [0.5, 0.6) is 0 Å². The number of hydrogen-bond acceptors (Lipinski definition) is 1. The summed E-state index contributed by atoms with van der Waals surface area (Å²) in [5.41, 5.74) is 9.13. The molecule has 1 atom stereocenters. The van der Waals surface area contributed by atoms with Crippen LogP contribution in [0.1, 0.15) is 18.2 Å². The van der Waals surface area contributed by atoms with Gasteiger partial charge >= 0.3 is 0 Å². The molecular weight excluding hydrogens is 733 g/mol. The van der Waals surface area contributed by atoms with Gasteiger partial charge in [-0.1, -0.05) is 170 Å². The highest BCUT2D eigenvalue weighted by atomic mass is 28.3. The SMILES string of the molecule is CC1(n2c3ccccc3c3ccccc32)C=Cc2c(c3ccccc3n2-c2cccc([Si](c3ccccc3)(c3ccccc3)c3cccc4c3oc3ccccc34)c2)C1. The topological polar surface area (TPSA) is 23.0 Å². The van der Waals surface area contributed by atoms with E-state index < -0.39 is 8.07 Å². The van der Waals surface area contributed by atoms with E-state index in [2.05, 4.69) is 228 Å². The largest absolute Gasteiger partial charge is 0.456 e. The molecule has 0 saturated heterocycles. The van der Waals surface area contributed by atoms with Crippen molar-refractivity contribution in [2.75, 3.05) is 0 Å². The van der Waals surface area contributed by atoms with Crippen LogP contribution in [0, 0.1) is 0 Å². The van der Waals surface area contributed by atoms with E-state index in [1.807, 2.05) is 0 Å². The maximum absolute atomic E-state index is 6.91. The zero-order valence-electron chi connectivity index (χ0n) is 32.7. The third kappa shape index (κ3) is 4.87. The Kier molecular flexibility index (Phi) is 7.44. The molecule has 0 radical (unpaired) electrons. The van der Waals surface area contributed by atoms with E-state index in [1.54, 1.807) is 0 Å². The van der Waals surface area contributed by atoms with Gasteiger partial charge in [-0.2, -0.15) is 0 Å². The second kappa shape index (κ2) is 12.9. The first-order valence-corrected chi connectivity index (χ1v) is 22.6. The van der Waals surface area contributed by atoms with Gasteiger partial charge in [-0.15, -0.1) is 0 Å². The average molecular weight is 773 g/mol. The summed E-state index contributed by atoms with van der Waals surface area (Å²) in [5, 5.41) is 11.4. The van der Waals surface area contributed by atoms with Crippen molar-refractivity contribution in [2.24, 2.45) is 0 Å². The predicted octanol–water partition coefficient (Wildman–Crippen LogP) is 11.0. The molecule has 0 saturated carbocycles. The molecule has 0 N–H and O–H groups in total. The molecule has 0 spiro atoms. The van der Waals surface area contributed by atoms with Crippen molar-refractivity contribution in [3.63, 3.8) is 0 Å². The summed E-state index contributed by atoms with van der Waals surface area (Å²) in [6.07, 6.45) is 5.71. The number of fused-ring (bicyclic) bond motifs is 9. The predicted molar refractivity (Wildman–Crippen MR) is 250 cm³/mol. The lowest BCUT2D eigenvalue weighted by atomic mass is 9.85. The molecule has 3 nitrogen and oxygen atoms in total. The van der Waals surface area contributed by atoms with Crippen LogP contribution in [-0.2, 0) is 12.0 Å². The highest BCUT2D eigenvalue weighted by Crippen LogP contribution is 2.43. The van der Waals surface area contributed by atoms with E-state index in [-0.39, 0.29) is 5.54 Å². The molecule has 8 aromatic carbocycles. The second-order valence-corrected chi connectivity index (χ2v) is 20.0. The van der Waals surface area contributed by atoms with Crippen molar-refractivity contribution >= 4 is 89.5 Å². The minimum absolute atomic E-state index is 0.277. The van der Waals surface area contributed by atoms with Crippen LogP contribution in [-0.4, -0.2) is 17.2 Å². The van der Waals surface area contributed by atoms with Crippen molar-refractivity contribution in [1.82, 2.24) is 9.13 Å². The Hall–Kier alpha value is -7.14. The Bertz CT molecular complexity index is 3350. The maximum atomic E-state index is 6.91. The number of hydrogen-bond donors (Lipinski definition) is 0. The Morgan fingerprint density at radius 3 is 1.73 bits per heavy atom. The minimum atomic E-state index is -3.01. The fourth-order valence-corrected chi connectivity index (χ4v) is 15.4. The Labute approximate surface area is 343 Å². The first-order chi connectivity index (χ1) is 29.1. The molecule has 0 amide bonds. The van der Waals surface area contributed by atoms with Crippen molar-refractivity contribution in [3.8, 4) is 5.69 Å². The van der Waals surface area contributed by atoms with E-state index >= 15 is 0 Å². The third-order valence-corrected chi connectivity index (χ3v) is 17.8. The monoisotopic (exact) mass is 772 g/mol. The summed E-state index contributed by atoms with van der Waals surface area (Å²) in [6, 6.07) is 73.7. The molecule has 3 heterocycles. The van der Waals surface area contributed by atoms with Crippen molar-refractivity contribution in [1.29, 1.82) is 0 Å². The molecule has 3 aromatic heterocycles. The molecule has 280 valence electrons. The van der Waals surface area contributed by atoms with Gasteiger partial charge in [0.05, 0.1) is 11.1 Å². The highest BCUT2D eigenvalue weighted by Gasteiger charge is 2.44. The highest BCUT2D eigenvalue weighted by molar-refractivity contribution is 7.20. The summed E-state index contributed by atoms with van der Waals surface area (Å²) in [4.78, 5) is 0. The second-order valence-electron chi connectivity index (χ2n) is 16.3.